The zero-order chi connectivity index (χ0) is 21.0. The van der Waals surface area contributed by atoms with E-state index in [-0.39, 0.29) is 18.4 Å². The average molecular weight is 460 g/mol. The third kappa shape index (κ3) is 5.41. The quantitative estimate of drug-likeness (QED) is 0.727. The van der Waals surface area contributed by atoms with Gasteiger partial charge in [0.1, 0.15) is 0 Å². The van der Waals surface area contributed by atoms with Gasteiger partial charge in [-0.05, 0) is 80.1 Å². The van der Waals surface area contributed by atoms with Gasteiger partial charge in [0.25, 0.3) is 0 Å². The molecule has 1 aliphatic carbocycles. The molecule has 2 amide bonds. The van der Waals surface area contributed by atoms with E-state index in [4.69, 9.17) is 0 Å². The lowest BCUT2D eigenvalue weighted by Gasteiger charge is -2.40. The molecule has 0 bridgehead atoms. The molecule has 0 radical (unpaired) electrons. The van der Waals surface area contributed by atoms with Gasteiger partial charge in [0, 0.05) is 18.3 Å². The fourth-order valence-corrected chi connectivity index (χ4v) is 5.21. The number of piperidine rings is 1. The molecule has 3 fully saturated rings. The average Bonchev–Trinajstić information content (AvgIpc) is 3.58. The fraction of sp³-hybridized carbons (Fsp3) is 0.652. The number of rotatable bonds is 5. The van der Waals surface area contributed by atoms with Crippen LogP contribution in [-0.4, -0.2) is 61.7 Å². The molecule has 1 atom stereocenters. The van der Waals surface area contributed by atoms with Crippen molar-refractivity contribution in [1.29, 1.82) is 0 Å². The summed E-state index contributed by atoms with van der Waals surface area (Å²) in [6.07, 6.45) is 9.31. The molecule has 2 aromatic rings. The Bertz CT molecular complexity index is 864. The minimum Gasteiger partial charge on any atom is -0.321 e. The lowest BCUT2D eigenvalue weighted by Crippen LogP contribution is -2.49. The summed E-state index contributed by atoms with van der Waals surface area (Å²) in [7, 11) is 0. The maximum Gasteiger partial charge on any atom is 0.322 e. The van der Waals surface area contributed by atoms with Crippen molar-refractivity contribution in [2.45, 2.75) is 70.0 Å². The molecule has 1 unspecified atom stereocenters. The number of hydrogen-bond donors (Lipinski definition) is 1. The van der Waals surface area contributed by atoms with Crippen molar-refractivity contribution in [3.63, 3.8) is 0 Å². The highest BCUT2D eigenvalue weighted by Crippen LogP contribution is 2.35. The van der Waals surface area contributed by atoms with E-state index in [9.17, 15) is 4.79 Å². The van der Waals surface area contributed by atoms with Crippen LogP contribution in [0.25, 0.3) is 0 Å². The highest BCUT2D eigenvalue weighted by molar-refractivity contribution is 5.89. The van der Waals surface area contributed by atoms with Crippen LogP contribution in [-0.2, 0) is 6.54 Å². The second kappa shape index (κ2) is 10.6. The molecule has 1 aromatic heterocycles. The van der Waals surface area contributed by atoms with E-state index in [2.05, 4.69) is 30.6 Å². The first kappa shape index (κ1) is 23.0. The molecule has 1 saturated carbocycles. The molecule has 0 spiro atoms. The Hall–Kier alpha value is -2.19. The number of hydrogen-bond acceptors (Lipinski definition) is 5. The van der Waals surface area contributed by atoms with Gasteiger partial charge in [-0.25, -0.2) is 9.48 Å². The van der Waals surface area contributed by atoms with Crippen LogP contribution < -0.4 is 5.32 Å². The van der Waals surface area contributed by atoms with E-state index in [1.165, 1.54) is 25.7 Å². The summed E-state index contributed by atoms with van der Waals surface area (Å²) in [4.78, 5) is 17.7. The number of carbonyl (C=O) groups excluding carboxylic acids is 1. The van der Waals surface area contributed by atoms with E-state index in [1.54, 1.807) is 0 Å². The van der Waals surface area contributed by atoms with Crippen LogP contribution >= 0.6 is 12.4 Å². The number of halogens is 1. The number of benzene rings is 1. The van der Waals surface area contributed by atoms with E-state index in [0.29, 0.717) is 18.0 Å². The molecule has 8 nitrogen and oxygen atoms in total. The molecule has 2 saturated heterocycles. The van der Waals surface area contributed by atoms with Gasteiger partial charge in [-0.15, -0.1) is 17.5 Å². The Morgan fingerprint density at radius 1 is 0.969 bits per heavy atom. The zero-order valence-corrected chi connectivity index (χ0v) is 19.4. The third-order valence-corrected chi connectivity index (χ3v) is 7.08. The monoisotopic (exact) mass is 459 g/mol. The first-order chi connectivity index (χ1) is 15.3. The lowest BCUT2D eigenvalue weighted by atomic mass is 9.86. The molecule has 174 valence electrons. The van der Waals surface area contributed by atoms with E-state index in [0.717, 1.165) is 63.4 Å². The number of anilines is 1. The molecule has 3 aliphatic rings. The summed E-state index contributed by atoms with van der Waals surface area (Å²) in [6, 6.07) is 10.7. The lowest BCUT2D eigenvalue weighted by molar-refractivity contribution is 0.101. The van der Waals surface area contributed by atoms with Gasteiger partial charge in [0.05, 0.1) is 12.6 Å². The number of amides is 2. The SMILES string of the molecule is Cl.O=C(Nc1ccccc1)N1CCCCCC1C1CCN(Cc2nnnn2C2CC2)CC1. The summed E-state index contributed by atoms with van der Waals surface area (Å²) >= 11 is 0. The van der Waals surface area contributed by atoms with Crippen LogP contribution in [0.1, 0.15) is 63.2 Å². The van der Waals surface area contributed by atoms with Gasteiger partial charge in [0.15, 0.2) is 5.82 Å². The van der Waals surface area contributed by atoms with Crippen molar-refractivity contribution in [2.75, 3.05) is 25.0 Å². The fourth-order valence-electron chi connectivity index (χ4n) is 5.21. The third-order valence-electron chi connectivity index (χ3n) is 7.08. The Kier molecular flexibility index (Phi) is 7.63. The second-order valence-electron chi connectivity index (χ2n) is 9.29. The van der Waals surface area contributed by atoms with Crippen molar-refractivity contribution < 1.29 is 4.79 Å². The van der Waals surface area contributed by atoms with Crippen molar-refractivity contribution >= 4 is 24.1 Å². The summed E-state index contributed by atoms with van der Waals surface area (Å²) in [5.41, 5.74) is 0.874. The van der Waals surface area contributed by atoms with Crippen LogP contribution in [0.3, 0.4) is 0 Å². The van der Waals surface area contributed by atoms with Crippen LogP contribution in [0, 0.1) is 5.92 Å². The minimum atomic E-state index is 0. The molecule has 9 heteroatoms. The van der Waals surface area contributed by atoms with Gasteiger partial charge in [-0.3, -0.25) is 4.90 Å². The van der Waals surface area contributed by atoms with Crippen LogP contribution in [0.15, 0.2) is 30.3 Å². The van der Waals surface area contributed by atoms with Gasteiger partial charge in [-0.1, -0.05) is 31.0 Å². The number of carbonyl (C=O) groups is 1. The number of nitrogens with one attached hydrogen (secondary N) is 1. The highest BCUT2D eigenvalue weighted by Gasteiger charge is 2.35. The maximum absolute atomic E-state index is 13.1. The molecule has 2 aliphatic heterocycles. The van der Waals surface area contributed by atoms with Gasteiger partial charge in [-0.2, -0.15) is 0 Å². The van der Waals surface area contributed by atoms with Crippen molar-refractivity contribution in [1.82, 2.24) is 30.0 Å². The molecule has 3 heterocycles. The molecule has 5 rings (SSSR count). The van der Waals surface area contributed by atoms with E-state index in [1.807, 2.05) is 35.0 Å². The smallest absolute Gasteiger partial charge is 0.321 e. The summed E-state index contributed by atoms with van der Waals surface area (Å²) in [5, 5.41) is 15.5. The Morgan fingerprint density at radius 3 is 2.50 bits per heavy atom. The molecule has 1 aromatic carbocycles. The predicted molar refractivity (Wildman–Crippen MR) is 126 cm³/mol. The first-order valence-electron chi connectivity index (χ1n) is 11.9. The number of nitrogens with zero attached hydrogens (tertiary/aromatic N) is 6. The van der Waals surface area contributed by atoms with Crippen molar-refractivity contribution in [3.05, 3.63) is 36.2 Å². The minimum absolute atomic E-state index is 0. The van der Waals surface area contributed by atoms with Gasteiger partial charge < -0.3 is 10.2 Å². The number of tetrazole rings is 1. The van der Waals surface area contributed by atoms with Crippen LogP contribution in [0.4, 0.5) is 10.5 Å². The summed E-state index contributed by atoms with van der Waals surface area (Å²) in [5.74, 6) is 1.56. The van der Waals surface area contributed by atoms with Gasteiger partial charge >= 0.3 is 6.03 Å². The van der Waals surface area contributed by atoms with Crippen LogP contribution in [0.5, 0.6) is 0 Å². The van der Waals surface area contributed by atoms with Crippen molar-refractivity contribution in [3.8, 4) is 0 Å². The summed E-state index contributed by atoms with van der Waals surface area (Å²) in [6.45, 7) is 3.79. The zero-order valence-electron chi connectivity index (χ0n) is 18.6. The normalized spacial score (nSPS) is 22.8. The number of likely N-dealkylation sites (tertiary alicyclic amines) is 2. The first-order valence-corrected chi connectivity index (χ1v) is 11.9. The van der Waals surface area contributed by atoms with E-state index < -0.39 is 0 Å². The molecular formula is C23H34ClN7O. The Labute approximate surface area is 196 Å². The van der Waals surface area contributed by atoms with E-state index >= 15 is 0 Å². The Morgan fingerprint density at radius 2 is 1.75 bits per heavy atom. The largest absolute Gasteiger partial charge is 0.322 e. The summed E-state index contributed by atoms with van der Waals surface area (Å²) < 4.78 is 2.02. The number of aromatic nitrogens is 4. The molecular weight excluding hydrogens is 426 g/mol. The van der Waals surface area contributed by atoms with Crippen molar-refractivity contribution in [2.24, 2.45) is 5.92 Å². The standard InChI is InChI=1S/C23H33N7O.ClH/c31-23(24-19-7-3-1-4-8-19)29-14-6-2-5-9-21(29)18-12-15-28(16-13-18)17-22-25-26-27-30(22)20-10-11-20;/h1,3-4,7-8,18,20-21H,2,5-6,9-17H2,(H,24,31);1H. The number of urea groups is 1. The topological polar surface area (TPSA) is 79.2 Å². The predicted octanol–water partition coefficient (Wildman–Crippen LogP) is 4.12. The van der Waals surface area contributed by atoms with Gasteiger partial charge in [0.2, 0.25) is 0 Å². The molecule has 1 N–H and O–H groups in total. The second-order valence-corrected chi connectivity index (χ2v) is 9.29. The number of para-hydroxylation sites is 1. The maximum atomic E-state index is 13.1. The van der Waals surface area contributed by atoms with Crippen LogP contribution in [0.2, 0.25) is 0 Å². The highest BCUT2D eigenvalue weighted by atomic mass is 35.5. The molecule has 32 heavy (non-hydrogen) atoms. The Balaban J connectivity index is 0.00000245.